The molecule has 4 N–H and O–H groups in total. The summed E-state index contributed by atoms with van der Waals surface area (Å²) in [4.78, 5) is 160. The summed E-state index contributed by atoms with van der Waals surface area (Å²) in [6.07, 6.45) is 15.3. The van der Waals surface area contributed by atoms with Gasteiger partial charge in [-0.1, -0.05) is 47.9 Å². The van der Waals surface area contributed by atoms with Crippen LogP contribution in [-0.2, 0) is 25.4 Å². The van der Waals surface area contributed by atoms with Gasteiger partial charge in [0.15, 0.2) is 0 Å². The molecule has 12 rings (SSSR count). The molecule has 4 heterocycles. The molecular weight excluding hydrogens is 1410 g/mol. The van der Waals surface area contributed by atoms with E-state index < -0.39 is 148 Å². The predicted molar refractivity (Wildman–Crippen MR) is 380 cm³/mol. The van der Waals surface area contributed by atoms with Crippen LogP contribution in [0.4, 0.5) is 0 Å². The summed E-state index contributed by atoms with van der Waals surface area (Å²) in [5.74, 6) is 0.456. The van der Waals surface area contributed by atoms with Gasteiger partial charge in [0.05, 0.1) is 92.9 Å². The summed E-state index contributed by atoms with van der Waals surface area (Å²) < 4.78 is 46.7. The standard InChI is InChI=1S/C81H60N4O24/c1-5-25-82-70(90)56-19-11-46(29-64(56)74(82)94)78(98)106-40-50(86)36-102-54-17-9-44-15-23-68(104-38-52(88)42-108-80(100)48-13-21-58-66(31-48)76(96)84(27-7-3)72(58)92)62(60(44)33-54)35-63-61-34-55(103-37-51(87)41-107-79(99)47-12-20-57-65(30-47)75(95)83(26-6-2)71(57)91)18-10-45(61)16-24-69(63)105-39-53(89)43-109-81(101)49-14-22-59-67(32-49)77(97)85(28-8-4)73(59)93/h1-4,9-24,29-34,50-53,86-89H,25-28,35-43H2. The molecule has 0 spiro atoms. The van der Waals surface area contributed by atoms with Gasteiger partial charge in [0.1, 0.15) is 100 Å². The highest BCUT2D eigenvalue weighted by Crippen LogP contribution is 2.40. The second-order valence-corrected chi connectivity index (χ2v) is 24.9. The number of amides is 8. The second-order valence-electron chi connectivity index (χ2n) is 24.9. The van der Waals surface area contributed by atoms with Crippen LogP contribution in [0.1, 0.15) is 135 Å². The summed E-state index contributed by atoms with van der Waals surface area (Å²) in [6.45, 7) is -5.59. The van der Waals surface area contributed by atoms with E-state index in [1.165, 1.54) is 72.8 Å². The maximum Gasteiger partial charge on any atom is 0.338 e. The number of terminal acetylenes is 4. The first-order chi connectivity index (χ1) is 52.5. The van der Waals surface area contributed by atoms with Crippen molar-refractivity contribution in [2.75, 3.05) is 79.0 Å². The summed E-state index contributed by atoms with van der Waals surface area (Å²) in [7, 11) is 0. The van der Waals surface area contributed by atoms with E-state index in [2.05, 4.69) is 23.7 Å². The molecule has 0 aliphatic carbocycles. The number of ether oxygens (including phenoxy) is 8. The van der Waals surface area contributed by atoms with Crippen LogP contribution in [0.15, 0.2) is 133 Å². The number of hydrogen-bond acceptors (Lipinski definition) is 24. The van der Waals surface area contributed by atoms with E-state index in [4.69, 9.17) is 63.6 Å². The Hall–Kier alpha value is -14.0. The van der Waals surface area contributed by atoms with Gasteiger partial charge in [0, 0.05) is 17.5 Å². The molecule has 4 atom stereocenters. The second kappa shape index (κ2) is 32.2. The Morgan fingerprint density at radius 1 is 0.312 bits per heavy atom. The van der Waals surface area contributed by atoms with Gasteiger partial charge in [-0.05, 0) is 131 Å². The normalized spacial score (nSPS) is 14.4. The minimum absolute atomic E-state index is 0.0318. The molecule has 4 aliphatic rings. The first-order valence-corrected chi connectivity index (χ1v) is 33.3. The van der Waals surface area contributed by atoms with E-state index in [1.807, 2.05) is 0 Å². The zero-order chi connectivity index (χ0) is 77.5. The topological polar surface area (TPSA) is 373 Å². The fourth-order valence-electron chi connectivity index (χ4n) is 12.3. The van der Waals surface area contributed by atoms with Gasteiger partial charge in [-0.3, -0.25) is 58.0 Å². The molecule has 28 heteroatoms. The van der Waals surface area contributed by atoms with E-state index in [0.717, 1.165) is 19.6 Å². The number of fused-ring (bicyclic) bond motifs is 6. The molecule has 0 fully saturated rings. The van der Waals surface area contributed by atoms with Crippen LogP contribution in [-0.4, -0.2) is 215 Å². The number of aliphatic hydroxyl groups is 4. The third kappa shape index (κ3) is 15.6. The lowest BCUT2D eigenvalue weighted by Gasteiger charge is -2.21. The van der Waals surface area contributed by atoms with E-state index >= 15 is 0 Å². The van der Waals surface area contributed by atoms with E-state index in [1.54, 1.807) is 60.7 Å². The molecular formula is C81H60N4O24. The van der Waals surface area contributed by atoms with Crippen molar-refractivity contribution in [3.63, 3.8) is 0 Å². The highest BCUT2D eigenvalue weighted by molar-refractivity contribution is 6.24. The van der Waals surface area contributed by atoms with Crippen LogP contribution in [0.3, 0.4) is 0 Å². The third-order valence-electron chi connectivity index (χ3n) is 17.7. The number of aliphatic hydroxyl groups excluding tert-OH is 4. The molecule has 0 saturated carbocycles. The van der Waals surface area contributed by atoms with Crippen LogP contribution < -0.4 is 18.9 Å². The number of carbonyl (C=O) groups excluding carboxylic acids is 12. The Kier molecular flexibility index (Phi) is 22.0. The van der Waals surface area contributed by atoms with Crippen molar-refractivity contribution < 1.29 is 116 Å². The zero-order valence-corrected chi connectivity index (χ0v) is 57.3. The lowest BCUT2D eigenvalue weighted by molar-refractivity contribution is 0.0127. The molecule has 8 aromatic carbocycles. The molecule has 4 unspecified atom stereocenters. The fourth-order valence-corrected chi connectivity index (χ4v) is 12.3. The average molecular weight is 1470 g/mol. The molecule has 28 nitrogen and oxygen atoms in total. The van der Waals surface area contributed by atoms with Crippen LogP contribution in [0.2, 0.25) is 0 Å². The van der Waals surface area contributed by atoms with E-state index in [0.29, 0.717) is 32.7 Å². The fraction of sp³-hybridized carbons (Fsp3) is 0.210. The van der Waals surface area contributed by atoms with E-state index in [-0.39, 0.29) is 122 Å². The number of esters is 4. The third-order valence-corrected chi connectivity index (χ3v) is 17.7. The van der Waals surface area contributed by atoms with Gasteiger partial charge in [-0.25, -0.2) is 19.2 Å². The summed E-state index contributed by atoms with van der Waals surface area (Å²) in [6, 6.07) is 31.4. The Morgan fingerprint density at radius 3 is 0.826 bits per heavy atom. The maximum atomic E-state index is 13.4. The average Bonchev–Trinajstić information content (AvgIpc) is 0.973. The van der Waals surface area contributed by atoms with Gasteiger partial charge in [0.25, 0.3) is 47.3 Å². The molecule has 548 valence electrons. The van der Waals surface area contributed by atoms with Crippen molar-refractivity contribution in [3.05, 3.63) is 211 Å². The zero-order valence-electron chi connectivity index (χ0n) is 57.3. The van der Waals surface area contributed by atoms with Crippen LogP contribution in [0.5, 0.6) is 23.0 Å². The van der Waals surface area contributed by atoms with Crippen LogP contribution >= 0.6 is 0 Å². The molecule has 4 aliphatic heterocycles. The number of rotatable bonds is 30. The van der Waals surface area contributed by atoms with Crippen molar-refractivity contribution in [2.24, 2.45) is 0 Å². The molecule has 8 aromatic rings. The molecule has 0 bridgehead atoms. The first-order valence-electron chi connectivity index (χ1n) is 33.3. The lowest BCUT2D eigenvalue weighted by atomic mass is 9.93. The highest BCUT2D eigenvalue weighted by atomic mass is 16.6. The number of nitrogens with zero attached hydrogens (tertiary/aromatic N) is 4. The number of carbonyl (C=O) groups is 12. The Balaban J connectivity index is 0.813. The van der Waals surface area contributed by atoms with Crippen molar-refractivity contribution in [2.45, 2.75) is 30.8 Å². The van der Waals surface area contributed by atoms with Gasteiger partial charge in [-0.2, -0.15) is 0 Å². The Labute approximate surface area is 619 Å². The molecule has 109 heavy (non-hydrogen) atoms. The van der Waals surface area contributed by atoms with Crippen molar-refractivity contribution >= 4 is 92.7 Å². The molecule has 8 amide bonds. The first kappa shape index (κ1) is 74.7. The number of hydrogen-bond donors (Lipinski definition) is 4. The summed E-state index contributed by atoms with van der Waals surface area (Å²) >= 11 is 0. The van der Waals surface area contributed by atoms with Crippen molar-refractivity contribution in [1.29, 1.82) is 0 Å². The van der Waals surface area contributed by atoms with E-state index in [9.17, 15) is 78.0 Å². The van der Waals surface area contributed by atoms with Gasteiger partial charge >= 0.3 is 23.9 Å². The van der Waals surface area contributed by atoms with Gasteiger partial charge in [-0.15, -0.1) is 25.7 Å². The molecule has 0 aromatic heterocycles. The highest BCUT2D eigenvalue weighted by Gasteiger charge is 2.40. The van der Waals surface area contributed by atoms with Crippen LogP contribution in [0.25, 0.3) is 21.5 Å². The number of imide groups is 4. The predicted octanol–water partition coefficient (Wildman–Crippen LogP) is 4.89. The minimum atomic E-state index is -1.52. The summed E-state index contributed by atoms with van der Waals surface area (Å²) in [5, 5.41) is 47.2. The van der Waals surface area contributed by atoms with Crippen LogP contribution in [0, 0.1) is 49.4 Å². The Bertz CT molecular complexity index is 5040. The number of benzene rings is 8. The maximum absolute atomic E-state index is 13.4. The Morgan fingerprint density at radius 2 is 0.560 bits per heavy atom. The lowest BCUT2D eigenvalue weighted by Crippen LogP contribution is -2.29. The van der Waals surface area contributed by atoms with Gasteiger partial charge in [0.2, 0.25) is 0 Å². The molecule has 0 radical (unpaired) electrons. The SMILES string of the molecule is C#CCN1C(=O)c2ccc(C(=O)OCC(O)COc3ccc4ccc(OCC(O)COC(=O)c5ccc6c(c5)C(=O)N(CC#C)C6=O)c(Cc5c(OCC(O)COC(=O)c6ccc7c(c6)C(=O)N(CC#C)C7=O)ccc6ccc(OCC(O)COC(=O)c7ccc8c(c7)C(=O)N(CC#C)C8=O)cc56)c4c3)cc2C1=O. The monoisotopic (exact) mass is 1470 g/mol. The van der Waals surface area contributed by atoms with Gasteiger partial charge < -0.3 is 58.3 Å². The van der Waals surface area contributed by atoms with Crippen molar-refractivity contribution in [1.82, 2.24) is 19.6 Å². The largest absolute Gasteiger partial charge is 0.491 e. The summed E-state index contributed by atoms with van der Waals surface area (Å²) in [5.41, 5.74) is 0.238. The quantitative estimate of drug-likeness (QED) is 0.0201. The van der Waals surface area contributed by atoms with Crippen molar-refractivity contribution in [3.8, 4) is 72.4 Å². The minimum Gasteiger partial charge on any atom is -0.491 e. The molecule has 0 saturated heterocycles. The smallest absolute Gasteiger partial charge is 0.338 e.